The Bertz CT molecular complexity index is 400. The molecule has 0 unspecified atom stereocenters. The molecule has 1 aliphatic rings. The van der Waals surface area contributed by atoms with E-state index in [1.165, 1.54) is 0 Å². The Labute approximate surface area is 88.1 Å². The fourth-order valence-electron chi connectivity index (χ4n) is 1.51. The predicted octanol–water partition coefficient (Wildman–Crippen LogP) is 0.361. The first-order valence-corrected chi connectivity index (χ1v) is 4.88. The van der Waals surface area contributed by atoms with Gasteiger partial charge in [-0.05, 0) is 25.0 Å². The van der Waals surface area contributed by atoms with Crippen molar-refractivity contribution in [1.29, 1.82) is 0 Å². The molecule has 2 rings (SSSR count). The number of carbonyl (C=O) groups excluding carboxylic acids is 1. The van der Waals surface area contributed by atoms with Gasteiger partial charge in [-0.15, -0.1) is 0 Å². The van der Waals surface area contributed by atoms with Crippen LogP contribution in [0.2, 0.25) is 0 Å². The summed E-state index contributed by atoms with van der Waals surface area (Å²) in [6, 6.07) is 3.71. The lowest BCUT2D eigenvalue weighted by atomic mass is 10.3. The maximum Gasteiger partial charge on any atom is 0.267 e. The van der Waals surface area contributed by atoms with Gasteiger partial charge in [0.05, 0.1) is 5.69 Å². The van der Waals surface area contributed by atoms with E-state index in [2.05, 4.69) is 4.98 Å². The van der Waals surface area contributed by atoms with E-state index < -0.39 is 5.91 Å². The van der Waals surface area contributed by atoms with Crippen LogP contribution < -0.4 is 16.4 Å². The van der Waals surface area contributed by atoms with Gasteiger partial charge in [-0.2, -0.15) is 0 Å². The molecule has 1 aromatic rings. The van der Waals surface area contributed by atoms with Gasteiger partial charge in [0.15, 0.2) is 5.82 Å². The Balaban J connectivity index is 2.35. The molecule has 1 amide bonds. The van der Waals surface area contributed by atoms with Crippen molar-refractivity contribution in [2.75, 3.05) is 17.7 Å². The van der Waals surface area contributed by atoms with E-state index in [0.29, 0.717) is 17.5 Å². The maximum atomic E-state index is 11.0. The van der Waals surface area contributed by atoms with Crippen LogP contribution in [-0.2, 0) is 0 Å². The normalized spacial score (nSPS) is 15.0. The van der Waals surface area contributed by atoms with Crippen LogP contribution >= 0.6 is 0 Å². The van der Waals surface area contributed by atoms with E-state index >= 15 is 0 Å². The van der Waals surface area contributed by atoms with Crippen LogP contribution in [0, 0.1) is 0 Å². The second-order valence-electron chi connectivity index (χ2n) is 3.82. The molecule has 0 aliphatic heterocycles. The molecule has 5 nitrogen and oxygen atoms in total. The molecule has 0 saturated heterocycles. The smallest absolute Gasteiger partial charge is 0.267 e. The lowest BCUT2D eigenvalue weighted by Crippen LogP contribution is -2.24. The molecule has 15 heavy (non-hydrogen) atoms. The fourth-order valence-corrected chi connectivity index (χ4v) is 1.51. The molecule has 5 heteroatoms. The second-order valence-corrected chi connectivity index (χ2v) is 3.82. The Morgan fingerprint density at radius 1 is 1.53 bits per heavy atom. The summed E-state index contributed by atoms with van der Waals surface area (Å²) in [5.41, 5.74) is 11.8. The van der Waals surface area contributed by atoms with Gasteiger partial charge in [0.2, 0.25) is 0 Å². The second kappa shape index (κ2) is 3.42. The van der Waals surface area contributed by atoms with Crippen molar-refractivity contribution in [3.05, 3.63) is 17.8 Å². The van der Waals surface area contributed by atoms with E-state index in [1.807, 2.05) is 11.9 Å². The summed E-state index contributed by atoms with van der Waals surface area (Å²) in [5, 5.41) is 0. The minimum Gasteiger partial charge on any atom is -0.396 e. The van der Waals surface area contributed by atoms with Gasteiger partial charge >= 0.3 is 0 Å². The van der Waals surface area contributed by atoms with Gasteiger partial charge in [-0.3, -0.25) is 4.79 Å². The molecule has 0 spiro atoms. The molecule has 1 aliphatic carbocycles. The monoisotopic (exact) mass is 206 g/mol. The van der Waals surface area contributed by atoms with E-state index in [0.717, 1.165) is 12.8 Å². The average Bonchev–Trinajstić information content (AvgIpc) is 3.00. The molecule has 4 N–H and O–H groups in total. The lowest BCUT2D eigenvalue weighted by molar-refractivity contribution is 0.0995. The van der Waals surface area contributed by atoms with Crippen LogP contribution in [0.1, 0.15) is 23.3 Å². The van der Waals surface area contributed by atoms with Crippen molar-refractivity contribution < 1.29 is 4.79 Å². The zero-order valence-corrected chi connectivity index (χ0v) is 8.60. The summed E-state index contributed by atoms with van der Waals surface area (Å²) in [6.45, 7) is 0. The first-order chi connectivity index (χ1) is 7.09. The van der Waals surface area contributed by atoms with Gasteiger partial charge in [0.1, 0.15) is 5.69 Å². The third-order valence-corrected chi connectivity index (χ3v) is 2.59. The number of hydrogen-bond acceptors (Lipinski definition) is 4. The number of carbonyl (C=O) groups is 1. The predicted molar refractivity (Wildman–Crippen MR) is 58.6 cm³/mol. The Morgan fingerprint density at radius 3 is 2.73 bits per heavy atom. The largest absolute Gasteiger partial charge is 0.396 e. The number of hydrogen-bond donors (Lipinski definition) is 2. The molecule has 1 aromatic heterocycles. The SMILES string of the molecule is CN(c1nc(C(N)=O)ccc1N)C1CC1. The number of aromatic nitrogens is 1. The third-order valence-electron chi connectivity index (χ3n) is 2.59. The first-order valence-electron chi connectivity index (χ1n) is 4.88. The number of rotatable bonds is 3. The molecule has 0 bridgehead atoms. The molecule has 80 valence electrons. The number of nitrogens with two attached hydrogens (primary N) is 2. The van der Waals surface area contributed by atoms with Crippen molar-refractivity contribution >= 4 is 17.4 Å². The van der Waals surface area contributed by atoms with E-state index in [9.17, 15) is 4.79 Å². The molecular formula is C10H14N4O. The highest BCUT2D eigenvalue weighted by atomic mass is 16.1. The van der Waals surface area contributed by atoms with Gasteiger partial charge in [-0.1, -0.05) is 0 Å². The Hall–Kier alpha value is -1.78. The molecule has 0 aromatic carbocycles. The lowest BCUT2D eigenvalue weighted by Gasteiger charge is -2.19. The highest BCUT2D eigenvalue weighted by molar-refractivity contribution is 5.91. The molecule has 1 saturated carbocycles. The quantitative estimate of drug-likeness (QED) is 0.747. The van der Waals surface area contributed by atoms with Gasteiger partial charge in [0, 0.05) is 13.1 Å². The standard InChI is InChI=1S/C10H14N4O/c1-14(6-2-3-6)10-7(11)4-5-8(13-10)9(12)15/h4-6H,2-3,11H2,1H3,(H2,12,15). The van der Waals surface area contributed by atoms with Crippen LogP contribution in [0.15, 0.2) is 12.1 Å². The fraction of sp³-hybridized carbons (Fsp3) is 0.400. The number of amides is 1. The van der Waals surface area contributed by atoms with E-state index in [1.54, 1.807) is 12.1 Å². The van der Waals surface area contributed by atoms with Gasteiger partial charge in [-0.25, -0.2) is 4.98 Å². The molecule has 0 atom stereocenters. The summed E-state index contributed by atoms with van der Waals surface area (Å²) in [5.74, 6) is 0.120. The summed E-state index contributed by atoms with van der Waals surface area (Å²) in [7, 11) is 1.93. The summed E-state index contributed by atoms with van der Waals surface area (Å²) in [4.78, 5) is 17.1. The maximum absolute atomic E-state index is 11.0. The summed E-state index contributed by atoms with van der Waals surface area (Å²) < 4.78 is 0. The van der Waals surface area contributed by atoms with Gasteiger partial charge < -0.3 is 16.4 Å². The number of primary amides is 1. The van der Waals surface area contributed by atoms with Crippen LogP contribution in [0.3, 0.4) is 0 Å². The number of anilines is 2. The third kappa shape index (κ3) is 1.86. The van der Waals surface area contributed by atoms with Crippen molar-refractivity contribution in [2.45, 2.75) is 18.9 Å². The Kier molecular flexibility index (Phi) is 2.22. The van der Waals surface area contributed by atoms with E-state index in [-0.39, 0.29) is 5.69 Å². The molecule has 1 fully saturated rings. The van der Waals surface area contributed by atoms with Crippen molar-refractivity contribution in [3.63, 3.8) is 0 Å². The highest BCUT2D eigenvalue weighted by Crippen LogP contribution is 2.31. The van der Waals surface area contributed by atoms with Crippen molar-refractivity contribution in [1.82, 2.24) is 4.98 Å². The zero-order valence-electron chi connectivity index (χ0n) is 8.60. The van der Waals surface area contributed by atoms with Gasteiger partial charge in [0.25, 0.3) is 5.91 Å². The number of pyridine rings is 1. The minimum atomic E-state index is -0.527. The number of nitrogens with zero attached hydrogens (tertiary/aromatic N) is 2. The minimum absolute atomic E-state index is 0.256. The average molecular weight is 206 g/mol. The Morgan fingerprint density at radius 2 is 2.20 bits per heavy atom. The van der Waals surface area contributed by atoms with E-state index in [4.69, 9.17) is 11.5 Å². The topological polar surface area (TPSA) is 85.2 Å². The van der Waals surface area contributed by atoms with Crippen LogP contribution in [0.25, 0.3) is 0 Å². The molecule has 0 radical (unpaired) electrons. The first kappa shape index (κ1) is 9.76. The summed E-state index contributed by atoms with van der Waals surface area (Å²) >= 11 is 0. The van der Waals surface area contributed by atoms with Crippen LogP contribution in [-0.4, -0.2) is 24.0 Å². The highest BCUT2D eigenvalue weighted by Gasteiger charge is 2.28. The zero-order chi connectivity index (χ0) is 11.0. The summed E-state index contributed by atoms with van der Waals surface area (Å²) in [6.07, 6.45) is 2.30. The molecular weight excluding hydrogens is 192 g/mol. The van der Waals surface area contributed by atoms with Crippen LogP contribution in [0.4, 0.5) is 11.5 Å². The number of nitrogen functional groups attached to an aromatic ring is 1. The van der Waals surface area contributed by atoms with Crippen LogP contribution in [0.5, 0.6) is 0 Å². The molecule has 1 heterocycles. The van der Waals surface area contributed by atoms with Crippen molar-refractivity contribution in [2.24, 2.45) is 5.73 Å². The van der Waals surface area contributed by atoms with Crippen molar-refractivity contribution in [3.8, 4) is 0 Å².